The SMILES string of the molecule is Cc1ccc(C)c(C(=O)CCC(=O)O)c1.Cc1cccc(C)c1. The smallest absolute Gasteiger partial charge is 0.303 e. The first-order chi connectivity index (χ1) is 10.8. The molecule has 3 heteroatoms. The second-order valence-electron chi connectivity index (χ2n) is 5.79. The molecule has 0 atom stereocenters. The zero-order valence-corrected chi connectivity index (χ0v) is 14.2. The van der Waals surface area contributed by atoms with Crippen LogP contribution in [0, 0.1) is 27.7 Å². The Hall–Kier alpha value is -2.42. The van der Waals surface area contributed by atoms with Gasteiger partial charge >= 0.3 is 5.97 Å². The Morgan fingerprint density at radius 3 is 1.87 bits per heavy atom. The molecule has 122 valence electrons. The average Bonchev–Trinajstić information content (AvgIpc) is 2.47. The summed E-state index contributed by atoms with van der Waals surface area (Å²) in [5.74, 6) is -1.03. The number of rotatable bonds is 4. The summed E-state index contributed by atoms with van der Waals surface area (Å²) >= 11 is 0. The Morgan fingerprint density at radius 1 is 0.826 bits per heavy atom. The van der Waals surface area contributed by atoms with Gasteiger partial charge in [-0.25, -0.2) is 0 Å². The van der Waals surface area contributed by atoms with E-state index in [0.717, 1.165) is 11.1 Å². The van der Waals surface area contributed by atoms with Crippen molar-refractivity contribution in [1.29, 1.82) is 0 Å². The Balaban J connectivity index is 0.000000277. The molecule has 0 aliphatic heterocycles. The predicted octanol–water partition coefficient (Wildman–Crippen LogP) is 4.65. The molecule has 0 aromatic heterocycles. The maximum absolute atomic E-state index is 11.7. The number of benzene rings is 2. The van der Waals surface area contributed by atoms with E-state index in [2.05, 4.69) is 38.1 Å². The van der Waals surface area contributed by atoms with Crippen molar-refractivity contribution in [3.05, 3.63) is 70.3 Å². The van der Waals surface area contributed by atoms with E-state index >= 15 is 0 Å². The quantitative estimate of drug-likeness (QED) is 0.836. The number of aryl methyl sites for hydroxylation is 4. The highest BCUT2D eigenvalue weighted by Crippen LogP contribution is 2.13. The summed E-state index contributed by atoms with van der Waals surface area (Å²) in [4.78, 5) is 22.0. The van der Waals surface area contributed by atoms with Gasteiger partial charge in [-0.05, 0) is 39.3 Å². The predicted molar refractivity (Wildman–Crippen MR) is 93.0 cm³/mol. The Morgan fingerprint density at radius 2 is 1.39 bits per heavy atom. The number of hydrogen-bond donors (Lipinski definition) is 1. The number of ketones is 1. The van der Waals surface area contributed by atoms with Crippen LogP contribution in [0.1, 0.15) is 45.5 Å². The van der Waals surface area contributed by atoms with Gasteiger partial charge in [-0.3, -0.25) is 9.59 Å². The van der Waals surface area contributed by atoms with Crippen molar-refractivity contribution >= 4 is 11.8 Å². The number of carboxylic acids is 1. The molecule has 0 saturated carbocycles. The van der Waals surface area contributed by atoms with Gasteiger partial charge < -0.3 is 5.11 Å². The zero-order valence-electron chi connectivity index (χ0n) is 14.2. The fourth-order valence-electron chi connectivity index (χ4n) is 2.20. The van der Waals surface area contributed by atoms with E-state index in [1.807, 2.05) is 26.0 Å². The average molecular weight is 312 g/mol. The molecule has 3 nitrogen and oxygen atoms in total. The van der Waals surface area contributed by atoms with Gasteiger partial charge in [0.1, 0.15) is 0 Å². The van der Waals surface area contributed by atoms with E-state index in [1.165, 1.54) is 11.1 Å². The minimum Gasteiger partial charge on any atom is -0.481 e. The molecule has 23 heavy (non-hydrogen) atoms. The fraction of sp³-hybridized carbons (Fsp3) is 0.300. The Bertz CT molecular complexity index is 670. The number of hydrogen-bond acceptors (Lipinski definition) is 2. The first-order valence-corrected chi connectivity index (χ1v) is 7.65. The molecule has 2 aromatic rings. The van der Waals surface area contributed by atoms with E-state index in [0.29, 0.717) is 5.56 Å². The molecular weight excluding hydrogens is 288 g/mol. The van der Waals surface area contributed by atoms with Crippen molar-refractivity contribution in [2.24, 2.45) is 0 Å². The van der Waals surface area contributed by atoms with Gasteiger partial charge in [0, 0.05) is 12.0 Å². The van der Waals surface area contributed by atoms with Gasteiger partial charge in [-0.1, -0.05) is 53.1 Å². The van der Waals surface area contributed by atoms with Crippen LogP contribution in [0.3, 0.4) is 0 Å². The topological polar surface area (TPSA) is 54.4 Å². The molecule has 1 N–H and O–H groups in total. The van der Waals surface area contributed by atoms with E-state index in [-0.39, 0.29) is 18.6 Å². The first kappa shape index (κ1) is 18.6. The maximum atomic E-state index is 11.7. The summed E-state index contributed by atoms with van der Waals surface area (Å²) in [6.45, 7) is 7.97. The number of carboxylic acid groups (broad SMARTS) is 1. The van der Waals surface area contributed by atoms with Crippen molar-refractivity contribution in [2.45, 2.75) is 40.5 Å². The van der Waals surface area contributed by atoms with Crippen molar-refractivity contribution in [2.75, 3.05) is 0 Å². The number of Topliss-reactive ketones (excluding diaryl/α,β-unsaturated/α-hetero) is 1. The molecule has 0 aliphatic rings. The van der Waals surface area contributed by atoms with Crippen molar-refractivity contribution < 1.29 is 14.7 Å². The third-order valence-electron chi connectivity index (χ3n) is 3.43. The van der Waals surface area contributed by atoms with Crippen LogP contribution >= 0.6 is 0 Å². The highest BCUT2D eigenvalue weighted by atomic mass is 16.4. The minimum atomic E-state index is -0.936. The van der Waals surface area contributed by atoms with Crippen LogP contribution in [-0.4, -0.2) is 16.9 Å². The van der Waals surface area contributed by atoms with Crippen LogP contribution in [0.4, 0.5) is 0 Å². The standard InChI is InChI=1S/C12H14O3.C8H10/c1-8-3-4-9(2)10(7-8)11(13)5-6-12(14)15;1-7-4-3-5-8(2)6-7/h3-4,7H,5-6H2,1-2H3,(H,14,15);3-6H,1-2H3. The van der Waals surface area contributed by atoms with E-state index < -0.39 is 5.97 Å². The molecule has 2 aromatic carbocycles. The van der Waals surface area contributed by atoms with Gasteiger partial charge in [0.25, 0.3) is 0 Å². The van der Waals surface area contributed by atoms with E-state index in [1.54, 1.807) is 6.07 Å². The molecular formula is C20H24O3. The number of aliphatic carboxylic acids is 1. The van der Waals surface area contributed by atoms with Crippen molar-refractivity contribution in [3.63, 3.8) is 0 Å². The Labute approximate surface area is 138 Å². The highest BCUT2D eigenvalue weighted by molar-refractivity contribution is 5.98. The second kappa shape index (κ2) is 8.89. The van der Waals surface area contributed by atoms with Gasteiger partial charge in [-0.2, -0.15) is 0 Å². The molecule has 0 heterocycles. The van der Waals surface area contributed by atoms with Crippen molar-refractivity contribution in [3.8, 4) is 0 Å². The molecule has 0 radical (unpaired) electrons. The minimum absolute atomic E-state index is 0.0691. The summed E-state index contributed by atoms with van der Waals surface area (Å²) in [6.07, 6.45) is -0.0359. The van der Waals surface area contributed by atoms with Crippen LogP contribution in [0.15, 0.2) is 42.5 Å². The third-order valence-corrected chi connectivity index (χ3v) is 3.43. The molecule has 0 saturated heterocycles. The summed E-state index contributed by atoms with van der Waals surface area (Å²) < 4.78 is 0. The van der Waals surface area contributed by atoms with Crippen LogP contribution in [0.5, 0.6) is 0 Å². The fourth-order valence-corrected chi connectivity index (χ4v) is 2.20. The van der Waals surface area contributed by atoms with Crippen LogP contribution in [0.2, 0.25) is 0 Å². The monoisotopic (exact) mass is 312 g/mol. The van der Waals surface area contributed by atoms with Gasteiger partial charge in [0.15, 0.2) is 5.78 Å². The molecule has 0 bridgehead atoms. The highest BCUT2D eigenvalue weighted by Gasteiger charge is 2.10. The van der Waals surface area contributed by atoms with Crippen LogP contribution in [0.25, 0.3) is 0 Å². The van der Waals surface area contributed by atoms with Gasteiger partial charge in [0.2, 0.25) is 0 Å². The molecule has 0 aliphatic carbocycles. The van der Waals surface area contributed by atoms with Crippen LogP contribution < -0.4 is 0 Å². The van der Waals surface area contributed by atoms with Crippen LogP contribution in [-0.2, 0) is 4.79 Å². The molecule has 0 fully saturated rings. The lowest BCUT2D eigenvalue weighted by Gasteiger charge is -2.04. The van der Waals surface area contributed by atoms with Gasteiger partial charge in [0.05, 0.1) is 6.42 Å². The lowest BCUT2D eigenvalue weighted by Crippen LogP contribution is -2.05. The normalized spacial score (nSPS) is 9.74. The summed E-state index contributed by atoms with van der Waals surface area (Å²) in [6, 6.07) is 14.1. The molecule has 0 unspecified atom stereocenters. The second-order valence-corrected chi connectivity index (χ2v) is 5.79. The third kappa shape index (κ3) is 6.92. The Kier molecular flexibility index (Phi) is 7.20. The number of carbonyl (C=O) groups excluding carboxylic acids is 1. The van der Waals surface area contributed by atoms with Gasteiger partial charge in [-0.15, -0.1) is 0 Å². The maximum Gasteiger partial charge on any atom is 0.303 e. The summed E-state index contributed by atoms with van der Waals surface area (Å²) in [5, 5.41) is 8.48. The largest absolute Gasteiger partial charge is 0.481 e. The first-order valence-electron chi connectivity index (χ1n) is 7.65. The zero-order chi connectivity index (χ0) is 17.4. The lowest BCUT2D eigenvalue weighted by molar-refractivity contribution is -0.136. The summed E-state index contributed by atoms with van der Waals surface area (Å²) in [7, 11) is 0. The molecule has 2 rings (SSSR count). The van der Waals surface area contributed by atoms with E-state index in [4.69, 9.17) is 5.11 Å². The van der Waals surface area contributed by atoms with Crippen molar-refractivity contribution in [1.82, 2.24) is 0 Å². The lowest BCUT2D eigenvalue weighted by atomic mass is 9.99. The number of carbonyl (C=O) groups is 2. The van der Waals surface area contributed by atoms with E-state index in [9.17, 15) is 9.59 Å². The summed E-state index contributed by atoms with van der Waals surface area (Å²) in [5.41, 5.74) is 5.22. The molecule has 0 amide bonds. The molecule has 0 spiro atoms.